The van der Waals surface area contributed by atoms with Crippen molar-refractivity contribution < 1.29 is 19.0 Å². The highest BCUT2D eigenvalue weighted by atomic mass is 16.7. The zero-order valence-electron chi connectivity index (χ0n) is 20.0. The first-order valence-corrected chi connectivity index (χ1v) is 12.4. The van der Waals surface area contributed by atoms with Crippen LogP contribution in [0, 0.1) is 45.8 Å². The molecule has 0 aromatic rings. The standard InChI is InChI=1S/C26H42O4/c1-16-12-24(4)17(11-20(16)27)7-8-18-19-9-10-26(29-14-23(2,3)15-30-26)25(19,5)13-21(28-6)22(18)24/h16-19,21-22H,7-15H2,1-6H3/t16-,17-,18-,19-,21-,22+,24-,25-/m0/s1. The van der Waals surface area contributed by atoms with E-state index in [0.717, 1.165) is 38.9 Å². The highest BCUT2D eigenvalue weighted by Crippen LogP contribution is 2.70. The van der Waals surface area contributed by atoms with Gasteiger partial charge in [-0.2, -0.15) is 0 Å². The highest BCUT2D eigenvalue weighted by Gasteiger charge is 2.70. The molecule has 5 fully saturated rings. The molecule has 4 nitrogen and oxygen atoms in total. The van der Waals surface area contributed by atoms with Crippen LogP contribution in [0.2, 0.25) is 0 Å². The van der Waals surface area contributed by atoms with Crippen molar-refractivity contribution in [2.24, 2.45) is 45.8 Å². The fraction of sp³-hybridized carbons (Fsp3) is 0.962. The normalized spacial score (nSPS) is 51.9. The third-order valence-electron chi connectivity index (χ3n) is 10.5. The lowest BCUT2D eigenvalue weighted by molar-refractivity contribution is -0.353. The summed E-state index contributed by atoms with van der Waals surface area (Å²) in [7, 11) is 1.91. The van der Waals surface area contributed by atoms with Crippen LogP contribution in [0.4, 0.5) is 0 Å². The number of hydrogen-bond acceptors (Lipinski definition) is 4. The van der Waals surface area contributed by atoms with E-state index in [9.17, 15) is 4.79 Å². The molecule has 0 unspecified atom stereocenters. The van der Waals surface area contributed by atoms with E-state index in [1.807, 2.05) is 7.11 Å². The van der Waals surface area contributed by atoms with Crippen LogP contribution < -0.4 is 0 Å². The van der Waals surface area contributed by atoms with Crippen molar-refractivity contribution in [2.45, 2.75) is 91.5 Å². The topological polar surface area (TPSA) is 44.8 Å². The van der Waals surface area contributed by atoms with Gasteiger partial charge in [0.05, 0.1) is 19.3 Å². The van der Waals surface area contributed by atoms with Crippen LogP contribution in [0.15, 0.2) is 0 Å². The fourth-order valence-corrected chi connectivity index (χ4v) is 8.85. The molecule has 4 heteroatoms. The minimum absolute atomic E-state index is 0.00461. The second-order valence-electron chi connectivity index (χ2n) is 12.8. The third-order valence-corrected chi connectivity index (χ3v) is 10.5. The molecule has 30 heavy (non-hydrogen) atoms. The summed E-state index contributed by atoms with van der Waals surface area (Å²) in [6.07, 6.45) is 7.69. The van der Waals surface area contributed by atoms with Crippen molar-refractivity contribution >= 4 is 5.78 Å². The second kappa shape index (κ2) is 6.78. The van der Waals surface area contributed by atoms with Gasteiger partial charge < -0.3 is 14.2 Å². The van der Waals surface area contributed by atoms with Crippen LogP contribution in [0.25, 0.3) is 0 Å². The Balaban J connectivity index is 1.49. The second-order valence-corrected chi connectivity index (χ2v) is 12.8. The summed E-state index contributed by atoms with van der Waals surface area (Å²) in [4.78, 5) is 12.5. The summed E-state index contributed by atoms with van der Waals surface area (Å²) in [6, 6.07) is 0. The van der Waals surface area contributed by atoms with E-state index < -0.39 is 5.79 Å². The maximum Gasteiger partial charge on any atom is 0.173 e. The molecule has 1 heterocycles. The number of fused-ring (bicyclic) bond motifs is 6. The van der Waals surface area contributed by atoms with Gasteiger partial charge in [0, 0.05) is 36.7 Å². The van der Waals surface area contributed by atoms with Crippen molar-refractivity contribution in [3.05, 3.63) is 0 Å². The zero-order chi connectivity index (χ0) is 21.5. The largest absolute Gasteiger partial charge is 0.381 e. The van der Waals surface area contributed by atoms with Crippen LogP contribution in [-0.4, -0.2) is 38.0 Å². The number of carbonyl (C=O) groups is 1. The van der Waals surface area contributed by atoms with Gasteiger partial charge in [0.2, 0.25) is 0 Å². The Labute approximate surface area is 182 Å². The first-order chi connectivity index (χ1) is 14.1. The number of rotatable bonds is 1. The van der Waals surface area contributed by atoms with E-state index in [1.54, 1.807) is 0 Å². The first kappa shape index (κ1) is 21.4. The summed E-state index contributed by atoms with van der Waals surface area (Å²) in [5.41, 5.74) is 0.308. The molecular formula is C26H42O4. The Morgan fingerprint density at radius 1 is 1.00 bits per heavy atom. The molecule has 0 aromatic heterocycles. The molecule has 0 aromatic carbocycles. The van der Waals surface area contributed by atoms with Crippen molar-refractivity contribution in [2.75, 3.05) is 20.3 Å². The van der Waals surface area contributed by atoms with E-state index in [1.165, 1.54) is 19.3 Å². The molecule has 4 saturated carbocycles. The molecule has 1 aliphatic heterocycles. The summed E-state index contributed by atoms with van der Waals surface area (Å²) >= 11 is 0. The van der Waals surface area contributed by atoms with Gasteiger partial charge in [0.1, 0.15) is 5.78 Å². The molecule has 1 saturated heterocycles. The molecule has 4 aliphatic carbocycles. The SMILES string of the molecule is CO[C@H]1C[C@@]2(C)[C@@H](CCC23OCC(C)(C)CO3)[C@@H]2CC[C@H]3CC(=O)[C@@H](C)C[C@]3(C)[C@H]21. The maximum absolute atomic E-state index is 12.5. The Hall–Kier alpha value is -0.450. The first-order valence-electron chi connectivity index (χ1n) is 12.4. The van der Waals surface area contributed by atoms with Gasteiger partial charge in [0.15, 0.2) is 5.79 Å². The van der Waals surface area contributed by atoms with E-state index in [-0.39, 0.29) is 28.3 Å². The average molecular weight is 419 g/mol. The number of hydrogen-bond donors (Lipinski definition) is 0. The van der Waals surface area contributed by atoms with Crippen LogP contribution in [0.5, 0.6) is 0 Å². The van der Waals surface area contributed by atoms with Crippen molar-refractivity contribution in [3.8, 4) is 0 Å². The Morgan fingerprint density at radius 2 is 1.70 bits per heavy atom. The lowest BCUT2D eigenvalue weighted by Gasteiger charge is -2.64. The van der Waals surface area contributed by atoms with Crippen LogP contribution in [0.3, 0.4) is 0 Å². The monoisotopic (exact) mass is 418 g/mol. The van der Waals surface area contributed by atoms with Crippen molar-refractivity contribution in [1.29, 1.82) is 0 Å². The molecular weight excluding hydrogens is 376 g/mol. The Kier molecular flexibility index (Phi) is 4.83. The van der Waals surface area contributed by atoms with Crippen LogP contribution >= 0.6 is 0 Å². The summed E-state index contributed by atoms with van der Waals surface area (Å²) in [6.45, 7) is 13.1. The maximum atomic E-state index is 12.5. The van der Waals surface area contributed by atoms with Crippen molar-refractivity contribution in [3.63, 3.8) is 0 Å². The predicted molar refractivity (Wildman–Crippen MR) is 116 cm³/mol. The minimum Gasteiger partial charge on any atom is -0.381 e. The molecule has 170 valence electrons. The molecule has 8 atom stereocenters. The molecule has 0 N–H and O–H groups in total. The quantitative estimate of drug-likeness (QED) is 0.584. The van der Waals surface area contributed by atoms with Crippen LogP contribution in [0.1, 0.15) is 79.6 Å². The summed E-state index contributed by atoms with van der Waals surface area (Å²) in [5.74, 6) is 2.59. The van der Waals surface area contributed by atoms with Crippen molar-refractivity contribution in [1.82, 2.24) is 0 Å². The molecule has 5 aliphatic rings. The van der Waals surface area contributed by atoms with E-state index in [0.29, 0.717) is 29.5 Å². The van der Waals surface area contributed by atoms with Gasteiger partial charge in [-0.15, -0.1) is 0 Å². The lowest BCUT2D eigenvalue weighted by Crippen LogP contribution is -2.64. The van der Waals surface area contributed by atoms with Gasteiger partial charge >= 0.3 is 0 Å². The van der Waals surface area contributed by atoms with Crippen LogP contribution in [-0.2, 0) is 19.0 Å². The predicted octanol–water partition coefficient (Wildman–Crippen LogP) is 5.24. The Bertz CT molecular complexity index is 706. The van der Waals surface area contributed by atoms with E-state index in [2.05, 4.69) is 34.6 Å². The number of ether oxygens (including phenoxy) is 3. The van der Waals surface area contributed by atoms with E-state index >= 15 is 0 Å². The fourth-order valence-electron chi connectivity index (χ4n) is 8.85. The summed E-state index contributed by atoms with van der Waals surface area (Å²) < 4.78 is 19.5. The number of methoxy groups -OCH3 is 1. The average Bonchev–Trinajstić information content (AvgIpc) is 2.97. The smallest absolute Gasteiger partial charge is 0.173 e. The van der Waals surface area contributed by atoms with Gasteiger partial charge in [-0.3, -0.25) is 4.79 Å². The van der Waals surface area contributed by atoms with Gasteiger partial charge in [-0.05, 0) is 61.2 Å². The van der Waals surface area contributed by atoms with Gasteiger partial charge in [0.25, 0.3) is 0 Å². The number of Topliss-reactive ketones (excluding diaryl/α,β-unsaturated/α-hetero) is 1. The minimum atomic E-state index is -0.442. The van der Waals surface area contributed by atoms with E-state index in [4.69, 9.17) is 14.2 Å². The molecule has 0 radical (unpaired) electrons. The molecule has 0 amide bonds. The summed E-state index contributed by atoms with van der Waals surface area (Å²) in [5, 5.41) is 0. The number of carbonyl (C=O) groups excluding carboxylic acids is 1. The third kappa shape index (κ3) is 2.78. The lowest BCUT2D eigenvalue weighted by atomic mass is 9.43. The van der Waals surface area contributed by atoms with Gasteiger partial charge in [-0.1, -0.05) is 34.6 Å². The number of ketones is 1. The molecule has 5 rings (SSSR count). The molecule has 1 spiro atoms. The Morgan fingerprint density at radius 3 is 2.37 bits per heavy atom. The zero-order valence-corrected chi connectivity index (χ0v) is 20.0. The van der Waals surface area contributed by atoms with Gasteiger partial charge in [-0.25, -0.2) is 0 Å². The molecule has 0 bridgehead atoms. The highest BCUT2D eigenvalue weighted by molar-refractivity contribution is 5.82.